The molecule has 0 bridgehead atoms. The number of nitrogens with zero attached hydrogens (tertiary/aromatic N) is 5. The Morgan fingerprint density at radius 1 is 1.13 bits per heavy atom. The van der Waals surface area contributed by atoms with E-state index in [0.717, 1.165) is 5.56 Å². The van der Waals surface area contributed by atoms with Crippen molar-refractivity contribution >= 4 is 17.3 Å². The van der Waals surface area contributed by atoms with Gasteiger partial charge in [0.05, 0.1) is 12.1 Å². The van der Waals surface area contributed by atoms with Crippen molar-refractivity contribution in [2.45, 2.75) is 13.5 Å². The fraction of sp³-hybridized carbons (Fsp3) is 0.250. The first-order valence-electron chi connectivity index (χ1n) is 7.04. The molecule has 0 saturated carbocycles. The van der Waals surface area contributed by atoms with Gasteiger partial charge in [0.25, 0.3) is 0 Å². The maximum absolute atomic E-state index is 8.86. The Morgan fingerprint density at radius 3 is 2.39 bits per heavy atom. The maximum atomic E-state index is 8.86. The molecule has 3 N–H and O–H groups in total. The average molecular weight is 307 g/mol. The van der Waals surface area contributed by atoms with Gasteiger partial charge in [-0.1, -0.05) is 29.8 Å². The lowest BCUT2D eigenvalue weighted by Crippen LogP contribution is -2.26. The highest BCUT2D eigenvalue weighted by Crippen LogP contribution is 2.26. The van der Waals surface area contributed by atoms with Crippen LogP contribution in [0.15, 0.2) is 30.6 Å². The molecule has 0 atom stereocenters. The molecule has 0 aliphatic carbocycles. The highest BCUT2D eigenvalue weighted by atomic mass is 15.2. The molecule has 0 aliphatic rings. The molecule has 0 aliphatic heterocycles. The zero-order valence-electron chi connectivity index (χ0n) is 12.8. The van der Waals surface area contributed by atoms with E-state index >= 15 is 0 Å². The van der Waals surface area contributed by atoms with Crippen molar-refractivity contribution in [2.24, 2.45) is 0 Å². The number of aromatic nitrogens is 2. The Balaban J connectivity index is 2.17. The van der Waals surface area contributed by atoms with Crippen molar-refractivity contribution in [2.75, 3.05) is 29.0 Å². The Bertz CT molecular complexity index is 725. The second kappa shape index (κ2) is 7.62. The van der Waals surface area contributed by atoms with E-state index in [1.807, 2.05) is 43.3 Å². The molecule has 1 aromatic carbocycles. The molecule has 0 unspecified atom stereocenters. The first kappa shape index (κ1) is 16.1. The quantitative estimate of drug-likeness (QED) is 0.782. The van der Waals surface area contributed by atoms with Gasteiger partial charge < -0.3 is 16.0 Å². The van der Waals surface area contributed by atoms with Crippen LogP contribution in [0.1, 0.15) is 11.1 Å². The van der Waals surface area contributed by atoms with Crippen molar-refractivity contribution in [1.29, 1.82) is 10.5 Å². The van der Waals surface area contributed by atoms with Crippen molar-refractivity contribution in [3.8, 4) is 12.1 Å². The molecule has 0 saturated heterocycles. The van der Waals surface area contributed by atoms with Crippen molar-refractivity contribution < 1.29 is 0 Å². The fourth-order valence-electron chi connectivity index (χ4n) is 2.05. The van der Waals surface area contributed by atoms with Crippen LogP contribution < -0.4 is 16.0 Å². The summed E-state index contributed by atoms with van der Waals surface area (Å²) in [5.74, 6) is 0.867. The Morgan fingerprint density at radius 2 is 1.78 bits per heavy atom. The van der Waals surface area contributed by atoms with Crippen molar-refractivity contribution in [3.05, 3.63) is 41.7 Å². The monoisotopic (exact) mass is 307 g/mol. The van der Waals surface area contributed by atoms with Crippen LogP contribution in [0.3, 0.4) is 0 Å². The van der Waals surface area contributed by atoms with Crippen LogP contribution in [-0.4, -0.2) is 23.1 Å². The molecular weight excluding hydrogens is 290 g/mol. The number of nitriles is 2. The van der Waals surface area contributed by atoms with E-state index in [2.05, 4.69) is 15.3 Å². The predicted molar refractivity (Wildman–Crippen MR) is 88.4 cm³/mol. The van der Waals surface area contributed by atoms with Gasteiger partial charge in [0.2, 0.25) is 0 Å². The molecule has 116 valence electrons. The third kappa shape index (κ3) is 4.08. The van der Waals surface area contributed by atoms with Crippen LogP contribution >= 0.6 is 0 Å². The van der Waals surface area contributed by atoms with Gasteiger partial charge in [0, 0.05) is 6.54 Å². The van der Waals surface area contributed by atoms with Gasteiger partial charge in [-0.3, -0.25) is 0 Å². The minimum atomic E-state index is 0.0339. The summed E-state index contributed by atoms with van der Waals surface area (Å²) in [5.41, 5.74) is 8.70. The molecule has 0 radical (unpaired) electrons. The van der Waals surface area contributed by atoms with Crippen LogP contribution in [0.2, 0.25) is 0 Å². The fourth-order valence-corrected chi connectivity index (χ4v) is 2.05. The van der Waals surface area contributed by atoms with Crippen LogP contribution in [0.4, 0.5) is 17.3 Å². The summed E-state index contributed by atoms with van der Waals surface area (Å²) < 4.78 is 0. The number of anilines is 3. The zero-order chi connectivity index (χ0) is 16.7. The van der Waals surface area contributed by atoms with Crippen LogP contribution in [0.25, 0.3) is 0 Å². The summed E-state index contributed by atoms with van der Waals surface area (Å²) in [6.45, 7) is 2.67. The highest BCUT2D eigenvalue weighted by molar-refractivity contribution is 5.75. The summed E-state index contributed by atoms with van der Waals surface area (Å²) in [6.07, 6.45) is 1.37. The molecule has 2 rings (SSSR count). The van der Waals surface area contributed by atoms with Gasteiger partial charge in [0.1, 0.15) is 25.1 Å². The largest absolute Gasteiger partial charge is 0.393 e. The lowest BCUT2D eigenvalue weighted by atomic mass is 10.1. The first-order valence-corrected chi connectivity index (χ1v) is 7.04. The molecule has 0 spiro atoms. The van der Waals surface area contributed by atoms with Crippen molar-refractivity contribution in [1.82, 2.24) is 9.97 Å². The Kier molecular flexibility index (Phi) is 5.32. The molecule has 23 heavy (non-hydrogen) atoms. The van der Waals surface area contributed by atoms with E-state index in [4.69, 9.17) is 16.3 Å². The maximum Gasteiger partial charge on any atom is 0.159 e. The van der Waals surface area contributed by atoms with Crippen LogP contribution in [0, 0.1) is 29.6 Å². The number of aryl methyl sites for hydroxylation is 1. The van der Waals surface area contributed by atoms with E-state index in [0.29, 0.717) is 23.9 Å². The number of nitrogen functional groups attached to an aromatic ring is 1. The van der Waals surface area contributed by atoms with E-state index in [9.17, 15) is 0 Å². The average Bonchev–Trinajstić information content (AvgIpc) is 2.55. The Labute approximate surface area is 135 Å². The van der Waals surface area contributed by atoms with Crippen LogP contribution in [0.5, 0.6) is 0 Å². The number of hydrogen-bond acceptors (Lipinski definition) is 7. The minimum Gasteiger partial charge on any atom is -0.393 e. The number of nitrogens with one attached hydrogen (secondary N) is 1. The number of benzene rings is 1. The van der Waals surface area contributed by atoms with E-state index in [1.54, 1.807) is 0 Å². The third-order valence-electron chi connectivity index (χ3n) is 3.27. The van der Waals surface area contributed by atoms with Crippen molar-refractivity contribution in [3.63, 3.8) is 0 Å². The normalized spacial score (nSPS) is 9.70. The number of nitrogens with two attached hydrogens (primary N) is 1. The summed E-state index contributed by atoms with van der Waals surface area (Å²) in [7, 11) is 0. The zero-order valence-corrected chi connectivity index (χ0v) is 12.8. The first-order chi connectivity index (χ1) is 11.2. The third-order valence-corrected chi connectivity index (χ3v) is 3.27. The lowest BCUT2D eigenvalue weighted by molar-refractivity contribution is 0.927. The molecule has 1 heterocycles. The van der Waals surface area contributed by atoms with Gasteiger partial charge >= 0.3 is 0 Å². The van der Waals surface area contributed by atoms with Gasteiger partial charge in [-0.2, -0.15) is 10.5 Å². The predicted octanol–water partition coefficient (Wildman–Crippen LogP) is 1.83. The minimum absolute atomic E-state index is 0.0339. The second-order valence-corrected chi connectivity index (χ2v) is 4.97. The molecular formula is C16H17N7. The summed E-state index contributed by atoms with van der Waals surface area (Å²) in [4.78, 5) is 9.73. The van der Waals surface area contributed by atoms with E-state index in [-0.39, 0.29) is 13.1 Å². The van der Waals surface area contributed by atoms with Gasteiger partial charge in [-0.05, 0) is 12.5 Å². The molecule has 2 aromatic rings. The molecule has 1 aromatic heterocycles. The molecule has 0 amide bonds. The van der Waals surface area contributed by atoms with E-state index in [1.165, 1.54) is 16.8 Å². The SMILES string of the molecule is Cc1ccc(CNc2ncnc(N(CC#N)CC#N)c2N)cc1. The Hall–Kier alpha value is -3.32. The smallest absolute Gasteiger partial charge is 0.159 e. The van der Waals surface area contributed by atoms with E-state index < -0.39 is 0 Å². The van der Waals surface area contributed by atoms with Gasteiger partial charge in [0.15, 0.2) is 11.6 Å². The summed E-state index contributed by atoms with van der Waals surface area (Å²) >= 11 is 0. The molecule has 7 heteroatoms. The van der Waals surface area contributed by atoms with Gasteiger partial charge in [-0.15, -0.1) is 0 Å². The second-order valence-electron chi connectivity index (χ2n) is 4.97. The standard InChI is InChI=1S/C16H17N7/c1-12-2-4-13(5-3-12)10-20-15-14(19)16(22-11-21-15)23(8-6-17)9-7-18/h2-5,11H,8-10,19H2,1H3,(H,20,21,22). The molecule has 0 fully saturated rings. The number of rotatable bonds is 6. The summed E-state index contributed by atoms with van der Waals surface area (Å²) in [5, 5.41) is 20.9. The highest BCUT2D eigenvalue weighted by Gasteiger charge is 2.14. The summed E-state index contributed by atoms with van der Waals surface area (Å²) in [6, 6.07) is 12.1. The lowest BCUT2D eigenvalue weighted by Gasteiger charge is -2.20. The topological polar surface area (TPSA) is 115 Å². The van der Waals surface area contributed by atoms with Crippen LogP contribution in [-0.2, 0) is 6.54 Å². The van der Waals surface area contributed by atoms with Gasteiger partial charge in [-0.25, -0.2) is 9.97 Å². The molecule has 7 nitrogen and oxygen atoms in total. The number of hydrogen-bond donors (Lipinski definition) is 2.